The molecule has 0 unspecified atom stereocenters. The second-order valence-electron chi connectivity index (χ2n) is 7.56. The van der Waals surface area contributed by atoms with E-state index in [1.165, 1.54) is 6.33 Å². The number of rotatable bonds is 12. The molecule has 0 spiro atoms. The summed E-state index contributed by atoms with van der Waals surface area (Å²) in [6.07, 6.45) is 3.64. The topological polar surface area (TPSA) is 116 Å². The van der Waals surface area contributed by atoms with E-state index in [2.05, 4.69) is 44.1 Å². The van der Waals surface area contributed by atoms with E-state index in [9.17, 15) is 13.2 Å². The second-order valence-corrected chi connectivity index (χ2v) is 9.33. The molecule has 0 aliphatic heterocycles. The van der Waals surface area contributed by atoms with Crippen molar-refractivity contribution in [2.24, 2.45) is 0 Å². The van der Waals surface area contributed by atoms with Gasteiger partial charge in [-0.15, -0.1) is 0 Å². The first-order valence-corrected chi connectivity index (χ1v) is 12.7. The predicted molar refractivity (Wildman–Crippen MR) is 134 cm³/mol. The van der Waals surface area contributed by atoms with E-state index in [1.807, 2.05) is 0 Å². The molecule has 1 aromatic heterocycles. The molecule has 0 radical (unpaired) electrons. The number of benzene rings is 2. The van der Waals surface area contributed by atoms with E-state index >= 15 is 0 Å². The number of amides is 1. The summed E-state index contributed by atoms with van der Waals surface area (Å²) in [6.45, 7) is 7.29. The lowest BCUT2D eigenvalue weighted by Gasteiger charge is -2.17. The van der Waals surface area contributed by atoms with Crippen LogP contribution < -0.4 is 15.4 Å². The van der Waals surface area contributed by atoms with Gasteiger partial charge in [0.05, 0.1) is 4.90 Å². The monoisotopic (exact) mass is 482 g/mol. The van der Waals surface area contributed by atoms with Crippen LogP contribution in [0.4, 0.5) is 17.2 Å². The molecular formula is C24H30N6O3S. The van der Waals surface area contributed by atoms with Gasteiger partial charge in [0.2, 0.25) is 10.0 Å². The molecule has 3 rings (SSSR count). The van der Waals surface area contributed by atoms with E-state index in [1.54, 1.807) is 60.8 Å². The fourth-order valence-corrected chi connectivity index (χ4v) is 4.45. The molecule has 0 aliphatic carbocycles. The molecule has 34 heavy (non-hydrogen) atoms. The Morgan fingerprint density at radius 1 is 1.00 bits per heavy atom. The zero-order valence-corrected chi connectivity index (χ0v) is 20.2. The molecule has 10 heteroatoms. The van der Waals surface area contributed by atoms with Crippen molar-refractivity contribution >= 4 is 33.1 Å². The van der Waals surface area contributed by atoms with Gasteiger partial charge < -0.3 is 15.5 Å². The molecule has 3 aromatic rings. The maximum atomic E-state index is 12.7. The molecule has 3 N–H and O–H groups in total. The highest BCUT2D eigenvalue weighted by molar-refractivity contribution is 7.89. The highest BCUT2D eigenvalue weighted by atomic mass is 32.2. The summed E-state index contributed by atoms with van der Waals surface area (Å²) in [6, 6.07) is 15.1. The smallest absolute Gasteiger partial charge is 0.256 e. The summed E-state index contributed by atoms with van der Waals surface area (Å²) in [5.41, 5.74) is 1.68. The highest BCUT2D eigenvalue weighted by Crippen LogP contribution is 2.21. The van der Waals surface area contributed by atoms with Crippen LogP contribution in [0, 0.1) is 0 Å². The lowest BCUT2D eigenvalue weighted by atomic mass is 10.2. The summed E-state index contributed by atoms with van der Waals surface area (Å²) in [7, 11) is -3.63. The van der Waals surface area contributed by atoms with Gasteiger partial charge in [0.1, 0.15) is 12.1 Å². The number of carbonyl (C=O) groups excluding carboxylic acids is 1. The van der Waals surface area contributed by atoms with Crippen LogP contribution in [0.1, 0.15) is 30.6 Å². The van der Waals surface area contributed by atoms with Crippen molar-refractivity contribution < 1.29 is 13.2 Å². The Labute approximate surface area is 200 Å². The minimum absolute atomic E-state index is 0.179. The van der Waals surface area contributed by atoms with Crippen LogP contribution >= 0.6 is 0 Å². The van der Waals surface area contributed by atoms with E-state index in [0.29, 0.717) is 29.3 Å². The Bertz CT molecular complexity index is 1180. The SMILES string of the molecule is CCN(CC)CCCNS(=O)(=O)c1cccc(Nc2cccc(C(=O)Nc3ccncn3)c2)c1. The molecule has 1 amide bonds. The summed E-state index contributed by atoms with van der Waals surface area (Å²) in [4.78, 5) is 22.8. The van der Waals surface area contributed by atoms with Crippen molar-refractivity contribution in [3.05, 3.63) is 72.7 Å². The third kappa shape index (κ3) is 7.34. The highest BCUT2D eigenvalue weighted by Gasteiger charge is 2.14. The lowest BCUT2D eigenvalue weighted by Crippen LogP contribution is -2.30. The van der Waals surface area contributed by atoms with Crippen molar-refractivity contribution in [1.29, 1.82) is 0 Å². The van der Waals surface area contributed by atoms with Gasteiger partial charge >= 0.3 is 0 Å². The maximum Gasteiger partial charge on any atom is 0.256 e. The Morgan fingerprint density at radius 3 is 2.44 bits per heavy atom. The van der Waals surface area contributed by atoms with E-state index in [0.717, 1.165) is 26.1 Å². The average Bonchev–Trinajstić information content (AvgIpc) is 2.85. The van der Waals surface area contributed by atoms with E-state index < -0.39 is 10.0 Å². The molecule has 1 heterocycles. The van der Waals surface area contributed by atoms with Gasteiger partial charge in [0.15, 0.2) is 0 Å². The van der Waals surface area contributed by atoms with Gasteiger partial charge in [-0.2, -0.15) is 0 Å². The average molecular weight is 483 g/mol. The van der Waals surface area contributed by atoms with Crippen LogP contribution in [0.15, 0.2) is 72.0 Å². The molecule has 0 bridgehead atoms. The number of hydrogen-bond acceptors (Lipinski definition) is 7. The summed E-state index contributed by atoms with van der Waals surface area (Å²) in [5, 5.41) is 5.88. The Morgan fingerprint density at radius 2 is 1.74 bits per heavy atom. The molecule has 9 nitrogen and oxygen atoms in total. The van der Waals surface area contributed by atoms with E-state index in [4.69, 9.17) is 0 Å². The zero-order valence-electron chi connectivity index (χ0n) is 19.4. The van der Waals surface area contributed by atoms with Crippen molar-refractivity contribution in [2.75, 3.05) is 36.8 Å². The Kier molecular flexibility index (Phi) is 9.08. The van der Waals surface area contributed by atoms with Gasteiger partial charge in [-0.1, -0.05) is 26.0 Å². The lowest BCUT2D eigenvalue weighted by molar-refractivity contribution is 0.102. The van der Waals surface area contributed by atoms with Crippen LogP contribution in [0.2, 0.25) is 0 Å². The number of aromatic nitrogens is 2. The Balaban J connectivity index is 1.63. The van der Waals surface area contributed by atoms with Gasteiger partial charge in [0, 0.05) is 29.7 Å². The fraction of sp³-hybridized carbons (Fsp3) is 0.292. The van der Waals surface area contributed by atoms with Crippen molar-refractivity contribution in [2.45, 2.75) is 25.2 Å². The predicted octanol–water partition coefficient (Wildman–Crippen LogP) is 3.48. The molecular weight excluding hydrogens is 452 g/mol. The number of sulfonamides is 1. The summed E-state index contributed by atoms with van der Waals surface area (Å²) >= 11 is 0. The second kappa shape index (κ2) is 12.2. The number of carbonyl (C=O) groups is 1. The molecule has 0 saturated heterocycles. The fourth-order valence-electron chi connectivity index (χ4n) is 3.33. The van der Waals surface area contributed by atoms with Crippen molar-refractivity contribution in [3.8, 4) is 0 Å². The first-order chi connectivity index (χ1) is 16.4. The van der Waals surface area contributed by atoms with Gasteiger partial charge in [-0.3, -0.25) is 4.79 Å². The normalized spacial score (nSPS) is 11.4. The van der Waals surface area contributed by atoms with Crippen molar-refractivity contribution in [3.63, 3.8) is 0 Å². The molecule has 180 valence electrons. The number of anilines is 3. The molecule has 0 fully saturated rings. The van der Waals surface area contributed by atoms with Crippen LogP contribution in [0.25, 0.3) is 0 Å². The van der Waals surface area contributed by atoms with Gasteiger partial charge in [0.25, 0.3) is 5.91 Å². The van der Waals surface area contributed by atoms with Gasteiger partial charge in [-0.25, -0.2) is 23.1 Å². The zero-order chi connectivity index (χ0) is 24.4. The van der Waals surface area contributed by atoms with Crippen LogP contribution in [-0.4, -0.2) is 55.4 Å². The molecule has 0 atom stereocenters. The van der Waals surface area contributed by atoms with Crippen molar-refractivity contribution in [1.82, 2.24) is 19.6 Å². The van der Waals surface area contributed by atoms with Crippen LogP contribution in [0.3, 0.4) is 0 Å². The summed E-state index contributed by atoms with van der Waals surface area (Å²) in [5.74, 6) is 0.0912. The quantitative estimate of drug-likeness (QED) is 0.338. The third-order valence-corrected chi connectivity index (χ3v) is 6.68. The first-order valence-electron chi connectivity index (χ1n) is 11.2. The van der Waals surface area contributed by atoms with Crippen LogP contribution in [0.5, 0.6) is 0 Å². The van der Waals surface area contributed by atoms with E-state index in [-0.39, 0.29) is 10.8 Å². The van der Waals surface area contributed by atoms with Gasteiger partial charge in [-0.05, 0) is 68.5 Å². The Hall–Kier alpha value is -3.34. The molecule has 0 saturated carbocycles. The number of hydrogen-bond donors (Lipinski definition) is 3. The number of nitrogens with one attached hydrogen (secondary N) is 3. The molecule has 2 aromatic carbocycles. The minimum atomic E-state index is -3.63. The first kappa shape index (κ1) is 25.3. The van der Waals surface area contributed by atoms with Crippen LogP contribution in [-0.2, 0) is 10.0 Å². The summed E-state index contributed by atoms with van der Waals surface area (Å²) < 4.78 is 28.1. The maximum absolute atomic E-state index is 12.7. The number of nitrogens with zero attached hydrogens (tertiary/aromatic N) is 3. The minimum Gasteiger partial charge on any atom is -0.355 e. The molecule has 0 aliphatic rings. The third-order valence-electron chi connectivity index (χ3n) is 5.22. The standard InChI is InChI=1S/C24H30N6O3S/c1-3-30(4-2)15-7-13-27-34(32,33)22-11-6-10-21(17-22)28-20-9-5-8-19(16-20)24(31)29-23-12-14-25-18-26-23/h5-6,8-12,14,16-18,27-28H,3-4,7,13,15H2,1-2H3,(H,25,26,29,31). The largest absolute Gasteiger partial charge is 0.355 e.